The first kappa shape index (κ1) is 12.9. The lowest BCUT2D eigenvalue weighted by Crippen LogP contribution is -2.25. The van der Waals surface area contributed by atoms with E-state index >= 15 is 0 Å². The molecule has 0 fully saturated rings. The van der Waals surface area contributed by atoms with Gasteiger partial charge in [-0.15, -0.1) is 11.3 Å². The number of benzene rings is 1. The average Bonchev–Trinajstić information content (AvgIpc) is 2.78. The Morgan fingerprint density at radius 2 is 2.22 bits per heavy atom. The highest BCUT2D eigenvalue weighted by Crippen LogP contribution is 2.21. The molecule has 3 N–H and O–H groups in total. The third-order valence-electron chi connectivity index (χ3n) is 2.16. The first-order chi connectivity index (χ1) is 8.50. The molecule has 0 saturated heterocycles. The minimum atomic E-state index is -3.98. The van der Waals surface area contributed by atoms with Crippen LogP contribution in [0.3, 0.4) is 0 Å². The molecule has 0 aliphatic rings. The summed E-state index contributed by atoms with van der Waals surface area (Å²) >= 11 is 1.30. The van der Waals surface area contributed by atoms with Gasteiger partial charge >= 0.3 is 0 Å². The molecule has 1 heterocycles. The maximum Gasteiger partial charge on any atom is 0.245 e. The Kier molecular flexibility index (Phi) is 3.60. The number of aromatic nitrogens is 1. The van der Waals surface area contributed by atoms with Gasteiger partial charge in [-0.3, -0.25) is 0 Å². The van der Waals surface area contributed by atoms with Crippen LogP contribution in [-0.4, -0.2) is 13.4 Å². The molecule has 0 aliphatic heterocycles. The van der Waals surface area contributed by atoms with E-state index in [1.165, 1.54) is 23.5 Å². The summed E-state index contributed by atoms with van der Waals surface area (Å²) < 4.78 is 39.6. The van der Waals surface area contributed by atoms with Crippen molar-refractivity contribution in [3.05, 3.63) is 40.6 Å². The Bertz CT molecular complexity index is 621. The van der Waals surface area contributed by atoms with Gasteiger partial charge in [0, 0.05) is 11.6 Å². The van der Waals surface area contributed by atoms with Crippen molar-refractivity contribution >= 4 is 27.0 Å². The summed E-state index contributed by atoms with van der Waals surface area (Å²) in [7, 11) is -3.98. The van der Waals surface area contributed by atoms with Gasteiger partial charge in [0.05, 0.1) is 12.2 Å². The lowest BCUT2D eigenvalue weighted by Gasteiger charge is -2.08. The molecule has 0 aliphatic carbocycles. The van der Waals surface area contributed by atoms with Crippen LogP contribution < -0.4 is 10.5 Å². The molecule has 5 nitrogen and oxygen atoms in total. The smallest absolute Gasteiger partial charge is 0.245 e. The number of nitrogen functional groups attached to an aromatic ring is 1. The summed E-state index contributed by atoms with van der Waals surface area (Å²) in [5.74, 6) is -0.873. The van der Waals surface area contributed by atoms with Crippen molar-refractivity contribution in [2.24, 2.45) is 0 Å². The van der Waals surface area contributed by atoms with E-state index in [0.29, 0.717) is 5.01 Å². The number of rotatable bonds is 4. The lowest BCUT2D eigenvalue weighted by atomic mass is 10.3. The molecule has 18 heavy (non-hydrogen) atoms. The second-order valence-electron chi connectivity index (χ2n) is 3.41. The van der Waals surface area contributed by atoms with Gasteiger partial charge in [-0.2, -0.15) is 0 Å². The van der Waals surface area contributed by atoms with Gasteiger partial charge < -0.3 is 5.73 Å². The van der Waals surface area contributed by atoms with E-state index < -0.39 is 20.7 Å². The number of halogens is 1. The van der Waals surface area contributed by atoms with Gasteiger partial charge in [-0.05, 0) is 12.1 Å². The highest BCUT2D eigenvalue weighted by molar-refractivity contribution is 7.89. The number of nitrogens with two attached hydrogens (primary N) is 1. The number of hydrogen-bond donors (Lipinski definition) is 2. The van der Waals surface area contributed by atoms with Gasteiger partial charge in [0.25, 0.3) is 0 Å². The predicted molar refractivity (Wildman–Crippen MR) is 67.0 cm³/mol. The maximum absolute atomic E-state index is 13.5. The zero-order valence-electron chi connectivity index (χ0n) is 9.13. The van der Waals surface area contributed by atoms with Crippen molar-refractivity contribution in [2.75, 3.05) is 5.73 Å². The van der Waals surface area contributed by atoms with Crippen LogP contribution in [0.5, 0.6) is 0 Å². The molecule has 0 atom stereocenters. The summed E-state index contributed by atoms with van der Waals surface area (Å²) in [5.41, 5.74) is 5.36. The topological polar surface area (TPSA) is 85.1 Å². The fourth-order valence-corrected chi connectivity index (χ4v) is 3.20. The average molecular weight is 287 g/mol. The molecule has 96 valence electrons. The van der Waals surface area contributed by atoms with Crippen molar-refractivity contribution in [3.63, 3.8) is 0 Å². The Labute approximate surface area is 108 Å². The molecule has 0 spiro atoms. The Hall–Kier alpha value is -1.51. The third-order valence-corrected chi connectivity index (χ3v) is 4.44. The van der Waals surface area contributed by atoms with Crippen LogP contribution in [0, 0.1) is 5.82 Å². The number of nitrogens with one attached hydrogen (secondary N) is 1. The van der Waals surface area contributed by atoms with Crippen molar-refractivity contribution < 1.29 is 12.8 Å². The molecular weight excluding hydrogens is 277 g/mol. The minimum Gasteiger partial charge on any atom is -0.398 e. The Morgan fingerprint density at radius 1 is 1.44 bits per heavy atom. The molecular formula is C10H10FN3O2S2. The SMILES string of the molecule is Nc1cccc(F)c1S(=O)(=O)NCc1nccs1. The molecule has 0 saturated carbocycles. The normalized spacial score (nSPS) is 11.6. The molecule has 1 aromatic carbocycles. The van der Waals surface area contributed by atoms with E-state index in [9.17, 15) is 12.8 Å². The summed E-state index contributed by atoms with van der Waals surface area (Å²) in [6.07, 6.45) is 1.56. The molecule has 0 radical (unpaired) electrons. The maximum atomic E-state index is 13.5. The van der Waals surface area contributed by atoms with E-state index in [2.05, 4.69) is 9.71 Å². The fourth-order valence-electron chi connectivity index (χ4n) is 1.38. The predicted octanol–water partition coefficient (Wildman–Crippen LogP) is 1.34. The summed E-state index contributed by atoms with van der Waals surface area (Å²) in [6, 6.07) is 3.74. The van der Waals surface area contributed by atoms with Crippen LogP contribution in [0.1, 0.15) is 5.01 Å². The van der Waals surface area contributed by atoms with Crippen molar-refractivity contribution in [2.45, 2.75) is 11.4 Å². The second kappa shape index (κ2) is 5.01. The summed E-state index contributed by atoms with van der Waals surface area (Å²) in [4.78, 5) is 3.40. The molecule has 8 heteroatoms. The van der Waals surface area contributed by atoms with Gasteiger partial charge in [-0.1, -0.05) is 6.07 Å². The number of nitrogens with zero attached hydrogens (tertiary/aromatic N) is 1. The van der Waals surface area contributed by atoms with E-state index in [1.54, 1.807) is 11.6 Å². The van der Waals surface area contributed by atoms with Gasteiger partial charge in [0.1, 0.15) is 15.7 Å². The van der Waals surface area contributed by atoms with E-state index in [-0.39, 0.29) is 12.2 Å². The highest BCUT2D eigenvalue weighted by Gasteiger charge is 2.21. The quantitative estimate of drug-likeness (QED) is 0.831. The van der Waals surface area contributed by atoms with Crippen LogP contribution in [0.2, 0.25) is 0 Å². The van der Waals surface area contributed by atoms with Crippen molar-refractivity contribution in [1.29, 1.82) is 0 Å². The number of sulfonamides is 1. The first-order valence-electron chi connectivity index (χ1n) is 4.93. The zero-order valence-corrected chi connectivity index (χ0v) is 10.8. The third kappa shape index (κ3) is 2.66. The van der Waals surface area contributed by atoms with Crippen molar-refractivity contribution in [1.82, 2.24) is 9.71 Å². The summed E-state index contributed by atoms with van der Waals surface area (Å²) in [5, 5.41) is 2.31. The molecule has 1 aromatic heterocycles. The zero-order chi connectivity index (χ0) is 13.2. The van der Waals surface area contributed by atoms with Crippen LogP contribution in [0.15, 0.2) is 34.7 Å². The van der Waals surface area contributed by atoms with Crippen LogP contribution in [0.25, 0.3) is 0 Å². The summed E-state index contributed by atoms with van der Waals surface area (Å²) in [6.45, 7) is 0.00771. The lowest BCUT2D eigenvalue weighted by molar-refractivity contribution is 0.558. The number of thiazole rings is 1. The van der Waals surface area contributed by atoms with Gasteiger partial charge in [0.2, 0.25) is 10.0 Å². The van der Waals surface area contributed by atoms with Crippen molar-refractivity contribution in [3.8, 4) is 0 Å². The minimum absolute atomic E-state index is 0.00771. The van der Waals surface area contributed by atoms with E-state index in [4.69, 9.17) is 5.73 Å². The number of anilines is 1. The van der Waals surface area contributed by atoms with E-state index in [0.717, 1.165) is 6.07 Å². The molecule has 0 unspecified atom stereocenters. The molecule has 2 aromatic rings. The van der Waals surface area contributed by atoms with Crippen LogP contribution in [0.4, 0.5) is 10.1 Å². The van der Waals surface area contributed by atoms with Crippen LogP contribution >= 0.6 is 11.3 Å². The number of hydrogen-bond acceptors (Lipinski definition) is 5. The standard InChI is InChI=1S/C10H10FN3O2S2/c11-7-2-1-3-8(12)10(7)18(15,16)14-6-9-13-4-5-17-9/h1-5,14H,6,12H2. The molecule has 0 amide bonds. The van der Waals surface area contributed by atoms with E-state index in [1.807, 2.05) is 0 Å². The largest absolute Gasteiger partial charge is 0.398 e. The Balaban J connectivity index is 2.26. The molecule has 0 bridgehead atoms. The molecule has 2 rings (SSSR count). The highest BCUT2D eigenvalue weighted by atomic mass is 32.2. The second-order valence-corrected chi connectivity index (χ2v) is 6.09. The Morgan fingerprint density at radius 3 is 2.83 bits per heavy atom. The monoisotopic (exact) mass is 287 g/mol. The van der Waals surface area contributed by atoms with Gasteiger partial charge in [-0.25, -0.2) is 22.5 Å². The fraction of sp³-hybridized carbons (Fsp3) is 0.100. The van der Waals surface area contributed by atoms with Crippen LogP contribution in [-0.2, 0) is 16.6 Å². The van der Waals surface area contributed by atoms with Gasteiger partial charge in [0.15, 0.2) is 0 Å². The first-order valence-corrected chi connectivity index (χ1v) is 7.29.